The predicted octanol–water partition coefficient (Wildman–Crippen LogP) is 4.72. The van der Waals surface area contributed by atoms with E-state index in [0.29, 0.717) is 31.5 Å². The number of hydrogen-bond acceptors (Lipinski definition) is 7. The number of hydrogen-bond donors (Lipinski definition) is 1. The van der Waals surface area contributed by atoms with Gasteiger partial charge in [0.2, 0.25) is 0 Å². The first-order valence-corrected chi connectivity index (χ1v) is 9.95. The van der Waals surface area contributed by atoms with E-state index in [-0.39, 0.29) is 11.2 Å². The number of nitro benzene ring substituents is 1. The number of nitrogens with zero attached hydrogens (tertiary/aromatic N) is 3. The largest absolute Gasteiger partial charge is 0.306 e. The molecule has 0 saturated carbocycles. The third-order valence-electron chi connectivity index (χ3n) is 4.32. The van der Waals surface area contributed by atoms with Gasteiger partial charge in [-0.3, -0.25) is 14.9 Å². The Bertz CT molecular complexity index is 1270. The molecular weight excluding hydrogens is 396 g/mol. The highest BCUT2D eigenvalue weighted by molar-refractivity contribution is 7.99. The van der Waals surface area contributed by atoms with E-state index in [0.717, 1.165) is 10.4 Å². The van der Waals surface area contributed by atoms with Gasteiger partial charge in [-0.15, -0.1) is 11.3 Å². The van der Waals surface area contributed by atoms with Gasteiger partial charge in [-0.2, -0.15) is 0 Å². The van der Waals surface area contributed by atoms with Gasteiger partial charge in [0.15, 0.2) is 0 Å². The summed E-state index contributed by atoms with van der Waals surface area (Å²) >= 11 is 2.65. The van der Waals surface area contributed by atoms with Crippen molar-refractivity contribution in [1.82, 2.24) is 15.0 Å². The quantitative estimate of drug-likeness (QED) is 0.386. The number of aryl methyl sites for hydroxylation is 2. The number of fused-ring (bicyclic) bond motifs is 1. The summed E-state index contributed by atoms with van der Waals surface area (Å²) < 4.78 is 0. The van der Waals surface area contributed by atoms with Crippen molar-refractivity contribution in [3.63, 3.8) is 0 Å². The second kappa shape index (κ2) is 7.17. The van der Waals surface area contributed by atoms with Gasteiger partial charge in [0.1, 0.15) is 15.7 Å². The molecule has 0 spiro atoms. The van der Waals surface area contributed by atoms with Crippen LogP contribution < -0.4 is 5.56 Å². The molecule has 0 fully saturated rings. The lowest BCUT2D eigenvalue weighted by Gasteiger charge is -2.06. The Kier molecular flexibility index (Phi) is 4.70. The van der Waals surface area contributed by atoms with Crippen LogP contribution in [-0.2, 0) is 0 Å². The third kappa shape index (κ3) is 3.30. The maximum Gasteiger partial charge on any atom is 0.284 e. The van der Waals surface area contributed by atoms with Crippen molar-refractivity contribution >= 4 is 39.0 Å². The Balaban J connectivity index is 1.81. The van der Waals surface area contributed by atoms with Gasteiger partial charge >= 0.3 is 0 Å². The van der Waals surface area contributed by atoms with Crippen molar-refractivity contribution in [2.75, 3.05) is 0 Å². The van der Waals surface area contributed by atoms with Crippen molar-refractivity contribution in [3.8, 4) is 11.4 Å². The van der Waals surface area contributed by atoms with Crippen LogP contribution in [0, 0.1) is 24.0 Å². The van der Waals surface area contributed by atoms with Gasteiger partial charge in [0.05, 0.1) is 15.2 Å². The van der Waals surface area contributed by atoms with Crippen molar-refractivity contribution in [2.45, 2.75) is 23.8 Å². The zero-order chi connectivity index (χ0) is 19.8. The zero-order valence-electron chi connectivity index (χ0n) is 14.9. The van der Waals surface area contributed by atoms with Gasteiger partial charge in [0.25, 0.3) is 11.2 Å². The normalized spacial score (nSPS) is 11.1. The van der Waals surface area contributed by atoms with E-state index in [2.05, 4.69) is 15.0 Å². The van der Waals surface area contributed by atoms with Crippen LogP contribution in [0.2, 0.25) is 0 Å². The summed E-state index contributed by atoms with van der Waals surface area (Å²) in [6.07, 6.45) is 1.64. The smallest absolute Gasteiger partial charge is 0.284 e. The highest BCUT2D eigenvalue weighted by Gasteiger charge is 2.19. The van der Waals surface area contributed by atoms with Crippen molar-refractivity contribution in [3.05, 3.63) is 73.5 Å². The first-order valence-electron chi connectivity index (χ1n) is 8.32. The van der Waals surface area contributed by atoms with Crippen LogP contribution in [0.4, 0.5) is 5.69 Å². The SMILES string of the molecule is Cc1sc2nc(-c3ccc(Sc4ccccn4)c([N+](=O)[O-])c3)[nH]c(=O)c2c1C. The summed E-state index contributed by atoms with van der Waals surface area (Å²) in [6, 6.07) is 10.2. The number of rotatable bonds is 4. The van der Waals surface area contributed by atoms with Crippen LogP contribution in [0.15, 0.2) is 57.3 Å². The standard InChI is InChI=1S/C19H14N4O3S2/c1-10-11(2)27-19-16(10)18(24)21-17(22-19)12-6-7-14(13(9-12)23(25)26)28-15-5-3-4-8-20-15/h3-9H,1-2H3,(H,21,22,24). The molecule has 0 aliphatic rings. The first kappa shape index (κ1) is 18.3. The molecule has 9 heteroatoms. The van der Waals surface area contributed by atoms with Crippen molar-refractivity contribution in [2.24, 2.45) is 0 Å². The van der Waals surface area contributed by atoms with E-state index in [1.807, 2.05) is 19.9 Å². The second-order valence-corrected chi connectivity index (χ2v) is 8.35. The van der Waals surface area contributed by atoms with E-state index in [4.69, 9.17) is 0 Å². The number of benzene rings is 1. The summed E-state index contributed by atoms with van der Waals surface area (Å²) in [5, 5.41) is 12.8. The van der Waals surface area contributed by atoms with E-state index in [9.17, 15) is 14.9 Å². The van der Waals surface area contributed by atoms with Crippen molar-refractivity contribution < 1.29 is 4.92 Å². The van der Waals surface area contributed by atoms with Crippen molar-refractivity contribution in [1.29, 1.82) is 0 Å². The molecule has 4 rings (SSSR count). The van der Waals surface area contributed by atoms with Gasteiger partial charge in [-0.25, -0.2) is 9.97 Å². The summed E-state index contributed by atoms with van der Waals surface area (Å²) in [6.45, 7) is 3.83. The molecule has 0 aliphatic carbocycles. The Morgan fingerprint density at radius 3 is 2.75 bits per heavy atom. The molecular formula is C19H14N4O3S2. The molecule has 140 valence electrons. The van der Waals surface area contributed by atoms with Crippen LogP contribution in [-0.4, -0.2) is 19.9 Å². The van der Waals surface area contributed by atoms with E-state index < -0.39 is 4.92 Å². The first-order chi connectivity index (χ1) is 13.4. The average Bonchev–Trinajstić information content (AvgIpc) is 2.97. The molecule has 7 nitrogen and oxygen atoms in total. The lowest BCUT2D eigenvalue weighted by Crippen LogP contribution is -2.09. The molecule has 0 radical (unpaired) electrons. The molecule has 28 heavy (non-hydrogen) atoms. The second-order valence-electron chi connectivity index (χ2n) is 6.09. The van der Waals surface area contributed by atoms with Gasteiger partial charge in [0, 0.05) is 22.7 Å². The monoisotopic (exact) mass is 410 g/mol. The van der Waals surface area contributed by atoms with E-state index in [1.165, 1.54) is 29.2 Å². The number of thiophene rings is 1. The van der Waals surface area contributed by atoms with Crippen LogP contribution in [0.5, 0.6) is 0 Å². The lowest BCUT2D eigenvalue weighted by atomic mass is 10.1. The summed E-state index contributed by atoms with van der Waals surface area (Å²) in [7, 11) is 0. The third-order valence-corrected chi connectivity index (χ3v) is 6.44. The van der Waals surface area contributed by atoms with Gasteiger partial charge < -0.3 is 4.98 Å². The van der Waals surface area contributed by atoms with E-state index >= 15 is 0 Å². The fourth-order valence-corrected chi connectivity index (χ4v) is 4.69. The number of aromatic amines is 1. The number of nitrogens with one attached hydrogen (secondary N) is 1. The summed E-state index contributed by atoms with van der Waals surface area (Å²) in [5.41, 5.74) is 1.10. The van der Waals surface area contributed by atoms with Gasteiger partial charge in [-0.1, -0.05) is 17.8 Å². The Hall–Kier alpha value is -3.04. The van der Waals surface area contributed by atoms with E-state index in [1.54, 1.807) is 30.5 Å². The molecule has 1 aromatic carbocycles. The fraction of sp³-hybridized carbons (Fsp3) is 0.105. The Morgan fingerprint density at radius 1 is 1.21 bits per heavy atom. The minimum absolute atomic E-state index is 0.0607. The molecule has 0 saturated heterocycles. The minimum atomic E-state index is -0.440. The topological polar surface area (TPSA) is 102 Å². The molecule has 0 aliphatic heterocycles. The Morgan fingerprint density at radius 2 is 2.04 bits per heavy atom. The van der Waals surface area contributed by atoms with Crippen LogP contribution in [0.1, 0.15) is 10.4 Å². The van der Waals surface area contributed by atoms with Crippen LogP contribution in [0.3, 0.4) is 0 Å². The average molecular weight is 410 g/mol. The summed E-state index contributed by atoms with van der Waals surface area (Å²) in [4.78, 5) is 37.3. The molecule has 0 bridgehead atoms. The van der Waals surface area contributed by atoms with Gasteiger partial charge in [-0.05, 0) is 43.7 Å². The maximum absolute atomic E-state index is 12.5. The highest BCUT2D eigenvalue weighted by atomic mass is 32.2. The molecule has 3 heterocycles. The summed E-state index contributed by atoms with van der Waals surface area (Å²) in [5.74, 6) is 0.316. The maximum atomic E-state index is 12.5. The molecule has 0 atom stereocenters. The number of nitro groups is 1. The molecule has 4 aromatic rings. The minimum Gasteiger partial charge on any atom is -0.306 e. The fourth-order valence-electron chi connectivity index (χ4n) is 2.81. The molecule has 0 unspecified atom stereocenters. The number of pyridine rings is 1. The molecule has 1 N–H and O–H groups in total. The predicted molar refractivity (Wildman–Crippen MR) is 110 cm³/mol. The number of aromatic nitrogens is 3. The zero-order valence-corrected chi connectivity index (χ0v) is 16.6. The molecule has 3 aromatic heterocycles. The van der Waals surface area contributed by atoms with Crippen LogP contribution in [0.25, 0.3) is 21.6 Å². The van der Waals surface area contributed by atoms with Crippen LogP contribution >= 0.6 is 23.1 Å². The molecule has 0 amide bonds. The highest BCUT2D eigenvalue weighted by Crippen LogP contribution is 2.36. The Labute approximate surface area is 167 Å². The lowest BCUT2D eigenvalue weighted by molar-refractivity contribution is -0.387. The number of H-pyrrole nitrogens is 1.